The van der Waals surface area contributed by atoms with E-state index in [1.54, 1.807) is 13.0 Å². The lowest BCUT2D eigenvalue weighted by atomic mass is 10.5. The van der Waals surface area contributed by atoms with E-state index in [1.807, 2.05) is 0 Å². The first-order valence-electron chi connectivity index (χ1n) is 4.71. The van der Waals surface area contributed by atoms with Crippen LogP contribution in [0.3, 0.4) is 0 Å². The zero-order valence-corrected chi connectivity index (χ0v) is 9.74. The second-order valence-corrected chi connectivity index (χ2v) is 5.08. The van der Waals surface area contributed by atoms with E-state index in [0.717, 1.165) is 4.31 Å². The van der Waals surface area contributed by atoms with Gasteiger partial charge in [0, 0.05) is 18.9 Å². The molecule has 6 nitrogen and oxygen atoms in total. The average Bonchev–Trinajstić information content (AvgIpc) is 2.26. The molecule has 1 heterocycles. The Balaban J connectivity index is 3.05. The molecule has 0 saturated carbocycles. The lowest BCUT2D eigenvalue weighted by Crippen LogP contribution is -2.37. The van der Waals surface area contributed by atoms with Gasteiger partial charge in [-0.3, -0.25) is 10.4 Å². The number of sulfonamides is 1. The molecule has 0 aromatic carbocycles. The molecule has 1 aromatic rings. The van der Waals surface area contributed by atoms with E-state index in [1.165, 1.54) is 18.5 Å². The smallest absolute Gasteiger partial charge is 0.245 e. The Morgan fingerprint density at radius 1 is 1.62 bits per heavy atom. The van der Waals surface area contributed by atoms with Crippen molar-refractivity contribution in [1.82, 2.24) is 9.29 Å². The number of aromatic nitrogens is 1. The predicted molar refractivity (Wildman–Crippen MR) is 60.6 cm³/mol. The van der Waals surface area contributed by atoms with E-state index in [2.05, 4.69) is 4.98 Å². The van der Waals surface area contributed by atoms with E-state index in [0.29, 0.717) is 0 Å². The summed E-state index contributed by atoms with van der Waals surface area (Å²) in [5, 5.41) is 7.13. The van der Waals surface area contributed by atoms with Gasteiger partial charge in [0.2, 0.25) is 10.0 Å². The Kier molecular flexibility index (Phi) is 3.97. The number of likely N-dealkylation sites (N-methyl/N-ethyl adjacent to an activating group) is 1. The van der Waals surface area contributed by atoms with Gasteiger partial charge in [-0.2, -0.15) is 4.31 Å². The summed E-state index contributed by atoms with van der Waals surface area (Å²) in [6, 6.07) is 3.01. The van der Waals surface area contributed by atoms with Crippen molar-refractivity contribution in [3.63, 3.8) is 0 Å². The summed E-state index contributed by atoms with van der Waals surface area (Å²) in [6.45, 7) is 1.85. The number of rotatable bonds is 5. The van der Waals surface area contributed by atoms with E-state index in [9.17, 15) is 8.42 Å². The summed E-state index contributed by atoms with van der Waals surface area (Å²) in [6.07, 6.45) is 2.78. The molecule has 3 N–H and O–H groups in total. The highest BCUT2D eigenvalue weighted by Crippen LogP contribution is 2.13. The first-order chi connectivity index (χ1) is 7.48. The number of nitrogens with two attached hydrogens (primary N) is 1. The summed E-state index contributed by atoms with van der Waals surface area (Å²) in [4.78, 5) is 3.87. The Bertz CT molecular complexity index is 458. The number of amidine groups is 1. The second-order valence-electron chi connectivity index (χ2n) is 3.15. The van der Waals surface area contributed by atoms with Crippen molar-refractivity contribution in [1.29, 1.82) is 5.41 Å². The highest BCUT2D eigenvalue weighted by atomic mass is 32.2. The van der Waals surface area contributed by atoms with Crippen molar-refractivity contribution in [2.75, 3.05) is 13.1 Å². The molecule has 0 fully saturated rings. The molecule has 1 aromatic heterocycles. The minimum Gasteiger partial charge on any atom is -0.387 e. The van der Waals surface area contributed by atoms with Crippen LogP contribution < -0.4 is 5.73 Å². The van der Waals surface area contributed by atoms with Crippen molar-refractivity contribution in [3.05, 3.63) is 24.5 Å². The second kappa shape index (κ2) is 5.04. The number of nitrogens with one attached hydrogen (secondary N) is 1. The Labute approximate surface area is 94.7 Å². The van der Waals surface area contributed by atoms with E-state index >= 15 is 0 Å². The van der Waals surface area contributed by atoms with Gasteiger partial charge in [0.25, 0.3) is 0 Å². The number of hydrogen-bond acceptors (Lipinski definition) is 4. The van der Waals surface area contributed by atoms with Crippen molar-refractivity contribution >= 4 is 15.9 Å². The molecule has 0 spiro atoms. The fourth-order valence-electron chi connectivity index (χ4n) is 1.21. The third-order valence-corrected chi connectivity index (χ3v) is 3.88. The molecule has 0 saturated heterocycles. The van der Waals surface area contributed by atoms with Crippen LogP contribution in [0.2, 0.25) is 0 Å². The van der Waals surface area contributed by atoms with Gasteiger partial charge in [-0.15, -0.1) is 0 Å². The Morgan fingerprint density at radius 2 is 2.31 bits per heavy atom. The fraction of sp³-hybridized carbons (Fsp3) is 0.333. The van der Waals surface area contributed by atoms with Crippen LogP contribution in [0.4, 0.5) is 0 Å². The molecule has 0 aliphatic rings. The summed E-state index contributed by atoms with van der Waals surface area (Å²) in [5.41, 5.74) is 5.21. The SMILES string of the molecule is CCN(CC(=N)N)S(=O)(=O)c1cccnc1. The van der Waals surface area contributed by atoms with E-state index < -0.39 is 10.0 Å². The largest absolute Gasteiger partial charge is 0.387 e. The maximum absolute atomic E-state index is 12.0. The summed E-state index contributed by atoms with van der Waals surface area (Å²) in [5.74, 6) is -0.186. The van der Waals surface area contributed by atoms with Crippen molar-refractivity contribution in [2.45, 2.75) is 11.8 Å². The molecule has 7 heteroatoms. The molecule has 88 valence electrons. The molecule has 0 atom stereocenters. The molecule has 0 bridgehead atoms. The highest BCUT2D eigenvalue weighted by Gasteiger charge is 2.23. The number of hydrogen-bond donors (Lipinski definition) is 2. The number of nitrogens with zero attached hydrogens (tertiary/aromatic N) is 2. The minimum absolute atomic E-state index is 0.103. The van der Waals surface area contributed by atoms with Gasteiger partial charge in [-0.25, -0.2) is 8.42 Å². The lowest BCUT2D eigenvalue weighted by molar-refractivity contribution is 0.465. The molecule has 0 aliphatic carbocycles. The average molecular weight is 242 g/mol. The Hall–Kier alpha value is -1.47. The topological polar surface area (TPSA) is 100 Å². The van der Waals surface area contributed by atoms with E-state index in [-0.39, 0.29) is 23.8 Å². The molecule has 16 heavy (non-hydrogen) atoms. The summed E-state index contributed by atoms with van der Waals surface area (Å²) >= 11 is 0. The molecular formula is C9H14N4O2S. The highest BCUT2D eigenvalue weighted by molar-refractivity contribution is 7.89. The third kappa shape index (κ3) is 2.77. The van der Waals surface area contributed by atoms with Gasteiger partial charge in [0.15, 0.2) is 0 Å². The Morgan fingerprint density at radius 3 is 2.75 bits per heavy atom. The molecular weight excluding hydrogens is 228 g/mol. The maximum atomic E-state index is 12.0. The molecule has 1 rings (SSSR count). The lowest BCUT2D eigenvalue weighted by Gasteiger charge is -2.19. The van der Waals surface area contributed by atoms with Crippen LogP contribution in [0.5, 0.6) is 0 Å². The third-order valence-electron chi connectivity index (χ3n) is 1.97. The quantitative estimate of drug-likeness (QED) is 0.562. The summed E-state index contributed by atoms with van der Waals surface area (Å²) in [7, 11) is -3.60. The van der Waals surface area contributed by atoms with Crippen LogP contribution in [0, 0.1) is 5.41 Å². The van der Waals surface area contributed by atoms with Crippen molar-refractivity contribution in [3.8, 4) is 0 Å². The van der Waals surface area contributed by atoms with Gasteiger partial charge < -0.3 is 5.73 Å². The first-order valence-corrected chi connectivity index (χ1v) is 6.15. The molecule has 0 amide bonds. The zero-order chi connectivity index (χ0) is 12.2. The van der Waals surface area contributed by atoms with Gasteiger partial charge in [0.05, 0.1) is 6.54 Å². The normalized spacial score (nSPS) is 11.6. The first kappa shape index (κ1) is 12.6. The zero-order valence-electron chi connectivity index (χ0n) is 8.92. The standard InChI is InChI=1S/C9H14N4O2S/c1-2-13(7-9(10)11)16(14,15)8-4-3-5-12-6-8/h3-6H,2,7H2,1H3,(H3,10,11). The summed E-state index contributed by atoms with van der Waals surface area (Å²) < 4.78 is 25.2. The monoisotopic (exact) mass is 242 g/mol. The fourth-order valence-corrected chi connectivity index (χ4v) is 2.60. The van der Waals surface area contributed by atoms with Crippen LogP contribution in [-0.2, 0) is 10.0 Å². The van der Waals surface area contributed by atoms with Gasteiger partial charge in [0.1, 0.15) is 10.7 Å². The van der Waals surface area contributed by atoms with Crippen molar-refractivity contribution in [2.24, 2.45) is 5.73 Å². The van der Waals surface area contributed by atoms with Crippen LogP contribution >= 0.6 is 0 Å². The van der Waals surface area contributed by atoms with Gasteiger partial charge in [-0.05, 0) is 12.1 Å². The molecule has 0 radical (unpaired) electrons. The van der Waals surface area contributed by atoms with Crippen LogP contribution in [-0.4, -0.2) is 36.6 Å². The van der Waals surface area contributed by atoms with Crippen LogP contribution in [0.25, 0.3) is 0 Å². The van der Waals surface area contributed by atoms with Crippen LogP contribution in [0.15, 0.2) is 29.4 Å². The predicted octanol–water partition coefficient (Wildman–Crippen LogP) is 0.0282. The molecule has 0 unspecified atom stereocenters. The van der Waals surface area contributed by atoms with Gasteiger partial charge in [-0.1, -0.05) is 6.92 Å². The van der Waals surface area contributed by atoms with Crippen LogP contribution in [0.1, 0.15) is 6.92 Å². The van der Waals surface area contributed by atoms with Crippen molar-refractivity contribution < 1.29 is 8.42 Å². The van der Waals surface area contributed by atoms with E-state index in [4.69, 9.17) is 11.1 Å². The minimum atomic E-state index is -3.60. The molecule has 0 aliphatic heterocycles. The number of pyridine rings is 1. The maximum Gasteiger partial charge on any atom is 0.245 e. The van der Waals surface area contributed by atoms with Gasteiger partial charge >= 0.3 is 0 Å².